The smallest absolute Gasteiger partial charge is 0.343 e. The van der Waals surface area contributed by atoms with Crippen LogP contribution < -0.4 is 4.74 Å². The number of aliphatic hydroxyl groups excluding tert-OH is 2. The summed E-state index contributed by atoms with van der Waals surface area (Å²) in [5, 5.41) is 29.8. The highest BCUT2D eigenvalue weighted by Crippen LogP contribution is 2.47. The van der Waals surface area contributed by atoms with Gasteiger partial charge in [-0.15, -0.1) is 0 Å². The number of hydrogen-bond donors (Lipinski definition) is 3. The van der Waals surface area contributed by atoms with Crippen LogP contribution in [0, 0.1) is 0 Å². The Bertz CT molecular complexity index is 741. The van der Waals surface area contributed by atoms with Crippen LogP contribution in [0.2, 0.25) is 0 Å². The number of carbonyl (C=O) groups is 1. The predicted molar refractivity (Wildman–Crippen MR) is 73.1 cm³/mol. The first kappa shape index (κ1) is 10.6. The van der Waals surface area contributed by atoms with Crippen molar-refractivity contribution in [2.24, 2.45) is 0 Å². The summed E-state index contributed by atoms with van der Waals surface area (Å²) in [7, 11) is -2.73. The fourth-order valence-electron chi connectivity index (χ4n) is 2.90. The molecule has 0 amide bonds. The molecule has 1 aromatic carbocycles. The highest BCUT2D eigenvalue weighted by Gasteiger charge is 2.47. The third kappa shape index (κ3) is 1.99. The Morgan fingerprint density at radius 2 is 2.24 bits per heavy atom. The SMILES string of the molecule is [2H]C([2H])([2H])Oc1cc(O)c2c(c1)C1=C[C@@H](O)[C@H](O)C[C@@]1(C)OC2=O. The van der Waals surface area contributed by atoms with Crippen LogP contribution in [0.25, 0.3) is 5.57 Å². The van der Waals surface area contributed by atoms with Gasteiger partial charge in [-0.3, -0.25) is 0 Å². The molecule has 0 saturated heterocycles. The molecule has 3 rings (SSSR count). The molecule has 0 unspecified atom stereocenters. The van der Waals surface area contributed by atoms with Gasteiger partial charge in [-0.2, -0.15) is 0 Å². The molecule has 0 fully saturated rings. The van der Waals surface area contributed by atoms with E-state index in [-0.39, 0.29) is 23.3 Å². The fourth-order valence-corrected chi connectivity index (χ4v) is 2.90. The Hall–Kier alpha value is -2.05. The first-order valence-corrected chi connectivity index (χ1v) is 6.38. The van der Waals surface area contributed by atoms with Crippen LogP contribution in [0.1, 0.15) is 33.4 Å². The number of phenolic OH excluding ortho intramolecular Hbond substituents is 1. The van der Waals surface area contributed by atoms with E-state index in [1.54, 1.807) is 6.92 Å². The van der Waals surface area contributed by atoms with Crippen molar-refractivity contribution < 1.29 is 33.7 Å². The highest BCUT2D eigenvalue weighted by molar-refractivity contribution is 6.03. The van der Waals surface area contributed by atoms with Gasteiger partial charge in [-0.25, -0.2) is 4.79 Å². The average molecular weight is 295 g/mol. The molecule has 0 aromatic heterocycles. The van der Waals surface area contributed by atoms with E-state index in [0.29, 0.717) is 5.57 Å². The van der Waals surface area contributed by atoms with Gasteiger partial charge < -0.3 is 24.8 Å². The molecule has 0 spiro atoms. The van der Waals surface area contributed by atoms with Crippen molar-refractivity contribution in [2.45, 2.75) is 31.2 Å². The van der Waals surface area contributed by atoms with Gasteiger partial charge >= 0.3 is 5.97 Å². The fraction of sp³-hybridized carbons (Fsp3) is 0.400. The molecule has 3 atom stereocenters. The Balaban J connectivity index is 2.19. The molecule has 0 saturated carbocycles. The maximum Gasteiger partial charge on any atom is 0.343 e. The van der Waals surface area contributed by atoms with Crippen molar-refractivity contribution in [3.63, 3.8) is 0 Å². The number of esters is 1. The molecule has 6 nitrogen and oxygen atoms in total. The van der Waals surface area contributed by atoms with Crippen LogP contribution >= 0.6 is 0 Å². The van der Waals surface area contributed by atoms with Gasteiger partial charge in [0, 0.05) is 23.6 Å². The van der Waals surface area contributed by atoms with Crippen molar-refractivity contribution in [1.29, 1.82) is 0 Å². The average Bonchev–Trinajstić information content (AvgIpc) is 2.38. The molecule has 3 N–H and O–H groups in total. The standard InChI is InChI=1S/C15H16O6/c1-15-6-12(18)10(16)5-9(15)8-3-7(20-2)4-11(17)13(8)14(19)21-15/h3-5,10,12,16-18H,6H2,1-2H3/t10-,12-,15-/m1/s1/i2D3. The summed E-state index contributed by atoms with van der Waals surface area (Å²) in [5.74, 6) is -1.43. The van der Waals surface area contributed by atoms with E-state index in [1.165, 1.54) is 12.1 Å². The molecule has 1 aliphatic heterocycles. The monoisotopic (exact) mass is 295 g/mol. The Morgan fingerprint density at radius 1 is 1.48 bits per heavy atom. The molecular formula is C15H16O6. The normalized spacial score (nSPS) is 33.6. The van der Waals surface area contributed by atoms with Crippen LogP contribution in [0.5, 0.6) is 11.5 Å². The summed E-state index contributed by atoms with van der Waals surface area (Å²) in [4.78, 5) is 12.2. The molecule has 0 bridgehead atoms. The summed E-state index contributed by atoms with van der Waals surface area (Å²) in [5.41, 5.74) is -0.756. The van der Waals surface area contributed by atoms with E-state index in [1.807, 2.05) is 0 Å². The van der Waals surface area contributed by atoms with E-state index < -0.39 is 36.6 Å². The van der Waals surface area contributed by atoms with Gasteiger partial charge in [0.2, 0.25) is 0 Å². The predicted octanol–water partition coefficient (Wildman–Crippen LogP) is 0.839. The number of ether oxygens (including phenoxy) is 2. The molecule has 112 valence electrons. The van der Waals surface area contributed by atoms with Crippen LogP contribution in [0.4, 0.5) is 0 Å². The van der Waals surface area contributed by atoms with Gasteiger partial charge in [0.25, 0.3) is 0 Å². The Labute approximate surface area is 125 Å². The van der Waals surface area contributed by atoms with Gasteiger partial charge in [-0.05, 0) is 19.1 Å². The molecule has 0 radical (unpaired) electrons. The van der Waals surface area contributed by atoms with Crippen LogP contribution in [0.3, 0.4) is 0 Å². The molecule has 21 heavy (non-hydrogen) atoms. The lowest BCUT2D eigenvalue weighted by molar-refractivity contribution is -0.0387. The van der Waals surface area contributed by atoms with Crippen molar-refractivity contribution in [3.05, 3.63) is 29.3 Å². The number of hydrogen-bond acceptors (Lipinski definition) is 6. The zero-order chi connectivity index (χ0) is 17.9. The topological polar surface area (TPSA) is 96.2 Å². The van der Waals surface area contributed by atoms with E-state index >= 15 is 0 Å². The van der Waals surface area contributed by atoms with Crippen molar-refractivity contribution >= 4 is 11.5 Å². The van der Waals surface area contributed by atoms with Crippen LogP contribution in [-0.2, 0) is 4.74 Å². The van der Waals surface area contributed by atoms with Crippen molar-refractivity contribution in [3.8, 4) is 11.5 Å². The quantitative estimate of drug-likeness (QED) is 0.664. The van der Waals surface area contributed by atoms with E-state index in [0.717, 1.165) is 6.07 Å². The third-order valence-electron chi connectivity index (χ3n) is 3.92. The van der Waals surface area contributed by atoms with Crippen molar-refractivity contribution in [1.82, 2.24) is 0 Å². The van der Waals surface area contributed by atoms with Gasteiger partial charge in [0.05, 0.1) is 23.4 Å². The largest absolute Gasteiger partial charge is 0.507 e. The Morgan fingerprint density at radius 3 is 2.95 bits per heavy atom. The lowest BCUT2D eigenvalue weighted by Gasteiger charge is -2.42. The van der Waals surface area contributed by atoms with Gasteiger partial charge in [-0.1, -0.05) is 0 Å². The maximum atomic E-state index is 12.2. The second-order valence-electron chi connectivity index (χ2n) is 5.43. The minimum absolute atomic E-state index is 0.0315. The third-order valence-corrected chi connectivity index (χ3v) is 3.92. The molecule has 1 heterocycles. The second-order valence-corrected chi connectivity index (χ2v) is 5.43. The number of rotatable bonds is 1. The van der Waals surface area contributed by atoms with E-state index in [9.17, 15) is 20.1 Å². The van der Waals surface area contributed by atoms with E-state index in [4.69, 9.17) is 13.6 Å². The highest BCUT2D eigenvalue weighted by atomic mass is 16.6. The molecular weight excluding hydrogens is 276 g/mol. The number of fused-ring (bicyclic) bond motifs is 3. The summed E-state index contributed by atoms with van der Waals surface area (Å²) in [6.07, 6.45) is -0.982. The minimum Gasteiger partial charge on any atom is -0.507 e. The number of methoxy groups -OCH3 is 1. The molecule has 6 heteroatoms. The van der Waals surface area contributed by atoms with Crippen LogP contribution in [-0.4, -0.2) is 46.1 Å². The molecule has 2 aliphatic rings. The Kier molecular flexibility index (Phi) is 2.27. The molecule has 1 aliphatic carbocycles. The number of benzene rings is 1. The van der Waals surface area contributed by atoms with Crippen LogP contribution in [0.15, 0.2) is 18.2 Å². The lowest BCUT2D eigenvalue weighted by atomic mass is 9.75. The van der Waals surface area contributed by atoms with Gasteiger partial charge in [0.15, 0.2) is 0 Å². The molecule has 1 aromatic rings. The summed E-state index contributed by atoms with van der Waals surface area (Å²) >= 11 is 0. The lowest BCUT2D eigenvalue weighted by Crippen LogP contribution is -2.47. The zero-order valence-corrected chi connectivity index (χ0v) is 11.2. The minimum atomic E-state index is -2.73. The zero-order valence-electron chi connectivity index (χ0n) is 14.2. The summed E-state index contributed by atoms with van der Waals surface area (Å²) in [6.45, 7) is 1.57. The number of aliphatic hydroxyl groups is 2. The first-order chi connectivity index (χ1) is 11.0. The number of phenols is 1. The summed E-state index contributed by atoms with van der Waals surface area (Å²) in [6, 6.07) is 2.32. The first-order valence-electron chi connectivity index (χ1n) is 7.88. The summed E-state index contributed by atoms with van der Waals surface area (Å²) < 4.78 is 31.6. The van der Waals surface area contributed by atoms with Crippen molar-refractivity contribution in [2.75, 3.05) is 7.04 Å². The second kappa shape index (κ2) is 4.47. The number of aromatic hydroxyl groups is 1. The number of carbonyl (C=O) groups excluding carboxylic acids is 1. The maximum absolute atomic E-state index is 12.2. The van der Waals surface area contributed by atoms with E-state index in [2.05, 4.69) is 0 Å². The van der Waals surface area contributed by atoms with Gasteiger partial charge in [0.1, 0.15) is 22.7 Å².